The minimum Gasteiger partial charge on any atom is -0.497 e. The zero-order valence-electron chi connectivity index (χ0n) is 14.4. The summed E-state index contributed by atoms with van der Waals surface area (Å²) in [6.45, 7) is 0. The van der Waals surface area contributed by atoms with Crippen LogP contribution in [0.2, 0.25) is 0 Å². The fraction of sp³-hybridized carbons (Fsp3) is 0.158. The smallest absolute Gasteiger partial charge is 0.363 e. The molecular weight excluding hydrogens is 341 g/mol. The zero-order chi connectivity index (χ0) is 18.7. The first-order chi connectivity index (χ1) is 12.5. The van der Waals surface area contributed by atoms with Gasteiger partial charge in [0.2, 0.25) is 5.90 Å². The number of aliphatic imine (C=N–C) groups is 1. The summed E-state index contributed by atoms with van der Waals surface area (Å²) in [6.07, 6.45) is 1.41. The SMILES string of the molecule is COc1cc(OC)cc(C2=N/C(=C/c3cc(F)ccc3OC)C(=O)O2)c1. The van der Waals surface area contributed by atoms with E-state index in [1.54, 1.807) is 18.2 Å². The Bertz CT molecular complexity index is 898. The van der Waals surface area contributed by atoms with Crippen LogP contribution in [0.4, 0.5) is 4.39 Å². The van der Waals surface area contributed by atoms with Crippen LogP contribution in [-0.4, -0.2) is 33.2 Å². The van der Waals surface area contributed by atoms with E-state index >= 15 is 0 Å². The number of esters is 1. The van der Waals surface area contributed by atoms with Gasteiger partial charge in [0, 0.05) is 17.2 Å². The second kappa shape index (κ2) is 7.26. The van der Waals surface area contributed by atoms with Crippen LogP contribution in [0.25, 0.3) is 6.08 Å². The first kappa shape index (κ1) is 17.5. The van der Waals surface area contributed by atoms with Crippen LogP contribution in [0.1, 0.15) is 11.1 Å². The Hall–Kier alpha value is -3.35. The Labute approximate surface area is 149 Å². The van der Waals surface area contributed by atoms with Crippen molar-refractivity contribution in [2.45, 2.75) is 0 Å². The molecule has 0 unspecified atom stereocenters. The fourth-order valence-electron chi connectivity index (χ4n) is 2.43. The maximum Gasteiger partial charge on any atom is 0.363 e. The molecular formula is C19H16FNO5. The van der Waals surface area contributed by atoms with Crippen molar-refractivity contribution in [3.05, 3.63) is 59.0 Å². The lowest BCUT2D eigenvalue weighted by Crippen LogP contribution is -2.06. The van der Waals surface area contributed by atoms with Gasteiger partial charge in [-0.3, -0.25) is 0 Å². The predicted molar refractivity (Wildman–Crippen MR) is 93.1 cm³/mol. The molecule has 0 N–H and O–H groups in total. The molecule has 0 aliphatic carbocycles. The molecule has 134 valence electrons. The van der Waals surface area contributed by atoms with E-state index in [1.165, 1.54) is 45.6 Å². The van der Waals surface area contributed by atoms with Gasteiger partial charge in [-0.05, 0) is 36.4 Å². The molecule has 0 saturated carbocycles. The van der Waals surface area contributed by atoms with Crippen molar-refractivity contribution in [2.75, 3.05) is 21.3 Å². The number of hydrogen-bond donors (Lipinski definition) is 0. The van der Waals surface area contributed by atoms with E-state index in [1.807, 2.05) is 0 Å². The van der Waals surface area contributed by atoms with E-state index in [-0.39, 0.29) is 11.6 Å². The summed E-state index contributed by atoms with van der Waals surface area (Å²) >= 11 is 0. The fourth-order valence-corrected chi connectivity index (χ4v) is 2.43. The number of ether oxygens (including phenoxy) is 4. The Morgan fingerprint density at radius 2 is 1.69 bits per heavy atom. The highest BCUT2D eigenvalue weighted by Gasteiger charge is 2.25. The second-order valence-corrected chi connectivity index (χ2v) is 5.32. The number of methoxy groups -OCH3 is 3. The quantitative estimate of drug-likeness (QED) is 0.607. The molecule has 0 bridgehead atoms. The molecule has 3 rings (SSSR count). The first-order valence-electron chi connectivity index (χ1n) is 7.63. The summed E-state index contributed by atoms with van der Waals surface area (Å²) in [4.78, 5) is 16.4. The van der Waals surface area contributed by atoms with Gasteiger partial charge in [0.15, 0.2) is 5.70 Å². The van der Waals surface area contributed by atoms with Crippen molar-refractivity contribution in [1.82, 2.24) is 0 Å². The largest absolute Gasteiger partial charge is 0.497 e. The van der Waals surface area contributed by atoms with E-state index in [0.29, 0.717) is 28.4 Å². The summed E-state index contributed by atoms with van der Waals surface area (Å²) in [5, 5.41) is 0. The first-order valence-corrected chi connectivity index (χ1v) is 7.63. The zero-order valence-corrected chi connectivity index (χ0v) is 14.4. The van der Waals surface area contributed by atoms with Gasteiger partial charge in [-0.25, -0.2) is 14.2 Å². The monoisotopic (exact) mass is 357 g/mol. The number of halogens is 1. The molecule has 0 fully saturated rings. The summed E-state index contributed by atoms with van der Waals surface area (Å²) < 4.78 is 34.3. The number of hydrogen-bond acceptors (Lipinski definition) is 6. The molecule has 7 heteroatoms. The lowest BCUT2D eigenvalue weighted by atomic mass is 10.1. The number of carbonyl (C=O) groups excluding carboxylic acids is 1. The molecule has 0 atom stereocenters. The van der Waals surface area contributed by atoms with E-state index in [2.05, 4.69) is 4.99 Å². The van der Waals surface area contributed by atoms with Gasteiger partial charge in [-0.15, -0.1) is 0 Å². The van der Waals surface area contributed by atoms with Gasteiger partial charge in [-0.1, -0.05) is 0 Å². The lowest BCUT2D eigenvalue weighted by molar-refractivity contribution is -0.129. The normalized spacial score (nSPS) is 14.8. The van der Waals surface area contributed by atoms with Crippen LogP contribution < -0.4 is 14.2 Å². The molecule has 2 aromatic carbocycles. The average molecular weight is 357 g/mol. The number of nitrogens with zero attached hydrogens (tertiary/aromatic N) is 1. The van der Waals surface area contributed by atoms with Crippen LogP contribution in [-0.2, 0) is 9.53 Å². The van der Waals surface area contributed by atoms with Gasteiger partial charge in [0.1, 0.15) is 23.1 Å². The van der Waals surface area contributed by atoms with Gasteiger partial charge in [-0.2, -0.15) is 0 Å². The van der Waals surface area contributed by atoms with Gasteiger partial charge in [0.25, 0.3) is 0 Å². The van der Waals surface area contributed by atoms with Crippen LogP contribution in [0.3, 0.4) is 0 Å². The second-order valence-electron chi connectivity index (χ2n) is 5.32. The summed E-state index contributed by atoms with van der Waals surface area (Å²) in [7, 11) is 4.49. The Morgan fingerprint density at radius 1 is 1.00 bits per heavy atom. The summed E-state index contributed by atoms with van der Waals surface area (Å²) in [5.41, 5.74) is 0.933. The number of benzene rings is 2. The molecule has 1 aliphatic heterocycles. The predicted octanol–water partition coefficient (Wildman–Crippen LogP) is 3.20. The third-order valence-electron chi connectivity index (χ3n) is 3.70. The van der Waals surface area contributed by atoms with Crippen molar-refractivity contribution in [3.8, 4) is 17.2 Å². The van der Waals surface area contributed by atoms with Crippen molar-refractivity contribution >= 4 is 17.9 Å². The number of rotatable bonds is 5. The molecule has 0 aromatic heterocycles. The third-order valence-corrected chi connectivity index (χ3v) is 3.70. The lowest BCUT2D eigenvalue weighted by Gasteiger charge is -2.07. The van der Waals surface area contributed by atoms with Gasteiger partial charge >= 0.3 is 5.97 Å². The summed E-state index contributed by atoms with van der Waals surface area (Å²) in [6, 6.07) is 9.02. The van der Waals surface area contributed by atoms with Crippen LogP contribution in [0.5, 0.6) is 17.2 Å². The van der Waals surface area contributed by atoms with E-state index in [4.69, 9.17) is 18.9 Å². The topological polar surface area (TPSA) is 66.3 Å². The van der Waals surface area contributed by atoms with Crippen molar-refractivity contribution in [1.29, 1.82) is 0 Å². The highest BCUT2D eigenvalue weighted by atomic mass is 19.1. The highest BCUT2D eigenvalue weighted by Crippen LogP contribution is 2.28. The van der Waals surface area contributed by atoms with Crippen LogP contribution >= 0.6 is 0 Å². The molecule has 0 saturated heterocycles. The Balaban J connectivity index is 2.01. The average Bonchev–Trinajstić information content (AvgIpc) is 3.02. The van der Waals surface area contributed by atoms with E-state index in [0.717, 1.165) is 0 Å². The minimum absolute atomic E-state index is 0.0330. The molecule has 0 spiro atoms. The van der Waals surface area contributed by atoms with Gasteiger partial charge in [0.05, 0.1) is 21.3 Å². The number of carbonyl (C=O) groups is 1. The maximum absolute atomic E-state index is 13.5. The molecule has 1 aliphatic rings. The molecule has 0 radical (unpaired) electrons. The van der Waals surface area contributed by atoms with Crippen molar-refractivity contribution in [3.63, 3.8) is 0 Å². The van der Waals surface area contributed by atoms with Crippen molar-refractivity contribution in [2.24, 2.45) is 4.99 Å². The Kier molecular flexibility index (Phi) is 4.88. The molecule has 6 nitrogen and oxygen atoms in total. The van der Waals surface area contributed by atoms with Crippen LogP contribution in [0.15, 0.2) is 47.1 Å². The maximum atomic E-state index is 13.5. The molecule has 1 heterocycles. The third kappa shape index (κ3) is 3.51. The highest BCUT2D eigenvalue weighted by molar-refractivity contribution is 6.13. The van der Waals surface area contributed by atoms with E-state index in [9.17, 15) is 9.18 Å². The van der Waals surface area contributed by atoms with Crippen molar-refractivity contribution < 1.29 is 28.1 Å². The van der Waals surface area contributed by atoms with Crippen LogP contribution in [0, 0.1) is 5.82 Å². The summed E-state index contributed by atoms with van der Waals surface area (Å²) in [5.74, 6) is 0.482. The molecule has 26 heavy (non-hydrogen) atoms. The van der Waals surface area contributed by atoms with E-state index < -0.39 is 11.8 Å². The number of cyclic esters (lactones) is 1. The standard InChI is InChI=1S/C19H16FNO5/c1-23-14-7-12(8-15(10-14)24-2)18-21-16(19(22)26-18)9-11-6-13(20)4-5-17(11)25-3/h4-10H,1-3H3/b16-9+. The molecule has 2 aromatic rings. The minimum atomic E-state index is -0.645. The van der Waals surface area contributed by atoms with Gasteiger partial charge < -0.3 is 18.9 Å². The molecule has 0 amide bonds. The Morgan fingerprint density at radius 3 is 2.31 bits per heavy atom.